The van der Waals surface area contributed by atoms with E-state index in [1.165, 1.54) is 0 Å². The number of hydrogen-bond acceptors (Lipinski definition) is 9. The van der Waals surface area contributed by atoms with Crippen LogP contribution in [0.1, 0.15) is 64.5 Å². The third kappa shape index (κ3) is 14.6. The van der Waals surface area contributed by atoms with Crippen LogP contribution in [-0.4, -0.2) is 65.5 Å². The fraction of sp³-hybridized carbons (Fsp3) is 0.531. The Kier molecular flexibility index (Phi) is 18.3. The molecule has 4 atom stereocenters. The van der Waals surface area contributed by atoms with Crippen molar-refractivity contribution in [3.8, 4) is 0 Å². The summed E-state index contributed by atoms with van der Waals surface area (Å²) in [4.78, 5) is 27.5. The van der Waals surface area contributed by atoms with E-state index in [4.69, 9.17) is 19.5 Å². The Labute approximate surface area is 275 Å². The van der Waals surface area contributed by atoms with Gasteiger partial charge in [0.25, 0.3) is 0 Å². The molecule has 0 saturated carbocycles. The van der Waals surface area contributed by atoms with Crippen LogP contribution in [0.4, 0.5) is 14.6 Å². The maximum Gasteiger partial charge on any atom is 0.405 e. The molecule has 1 aliphatic heterocycles. The number of hydrogen-bond donors (Lipinski definition) is 4. The largest absolute Gasteiger partial charge is 0.405 e. The molecule has 1 saturated heterocycles. The van der Waals surface area contributed by atoms with Crippen LogP contribution in [0.15, 0.2) is 77.8 Å². The van der Waals surface area contributed by atoms with Crippen molar-refractivity contribution in [2.75, 3.05) is 32.5 Å². The normalized spacial score (nSPS) is 21.2. The van der Waals surface area contributed by atoms with Crippen LogP contribution < -0.4 is 21.8 Å². The van der Waals surface area contributed by atoms with Crippen molar-refractivity contribution >= 4 is 19.5 Å². The van der Waals surface area contributed by atoms with Gasteiger partial charge in [0.15, 0.2) is 6.10 Å². The van der Waals surface area contributed by atoms with Gasteiger partial charge in [-0.05, 0) is 51.0 Å². The van der Waals surface area contributed by atoms with Gasteiger partial charge in [-0.1, -0.05) is 67.7 Å². The molecule has 47 heavy (non-hydrogen) atoms. The van der Waals surface area contributed by atoms with E-state index >= 15 is 0 Å². The zero-order valence-electron chi connectivity index (χ0n) is 27.0. The van der Waals surface area contributed by atoms with Crippen LogP contribution >= 0.6 is 7.75 Å². The number of carbonyl (C=O) groups excluding carboxylic acids is 1. The molecule has 2 heterocycles. The number of nitrogens with zero attached hydrogens (tertiary/aromatic N) is 2. The molecule has 1 fully saturated rings. The number of alkyl halides is 2. The van der Waals surface area contributed by atoms with Crippen molar-refractivity contribution in [3.05, 3.63) is 83.5 Å². The topological polar surface area (TPSA) is 167 Å². The SMILES string of the molecule is CC/C=C\C/C=C\C/C=C\C/C=C\C/C=C\CCCC(=O)NCCNP(=O)(OC)OC[C@H]1OC(n2ccc(N)nc2=O)C(F)(F)[C@@H]1O. The number of anilines is 1. The van der Waals surface area contributed by atoms with E-state index in [1.807, 2.05) is 6.08 Å². The van der Waals surface area contributed by atoms with Crippen LogP contribution in [0.2, 0.25) is 0 Å². The van der Waals surface area contributed by atoms with Gasteiger partial charge in [0.2, 0.25) is 12.1 Å². The Balaban J connectivity index is 1.60. The van der Waals surface area contributed by atoms with Crippen molar-refractivity contribution in [3.63, 3.8) is 0 Å². The quantitative estimate of drug-likeness (QED) is 0.0732. The maximum atomic E-state index is 14.7. The summed E-state index contributed by atoms with van der Waals surface area (Å²) in [5.41, 5.74) is 4.30. The highest BCUT2D eigenvalue weighted by Gasteiger charge is 2.60. The molecule has 1 aliphatic rings. The number of allylic oxidation sites excluding steroid dienone is 10. The highest BCUT2D eigenvalue weighted by molar-refractivity contribution is 7.51. The maximum absolute atomic E-state index is 14.7. The second kappa shape index (κ2) is 21.6. The lowest BCUT2D eigenvalue weighted by Gasteiger charge is -2.21. The van der Waals surface area contributed by atoms with Crippen LogP contribution in [0, 0.1) is 0 Å². The van der Waals surface area contributed by atoms with Crippen molar-refractivity contribution in [1.82, 2.24) is 20.0 Å². The summed E-state index contributed by atoms with van der Waals surface area (Å²) in [6.07, 6.45) is 22.5. The molecule has 2 rings (SSSR count). The highest BCUT2D eigenvalue weighted by atomic mass is 31.2. The van der Waals surface area contributed by atoms with Gasteiger partial charge in [-0.2, -0.15) is 13.8 Å². The monoisotopic (exact) mass is 683 g/mol. The summed E-state index contributed by atoms with van der Waals surface area (Å²) in [6, 6.07) is 1.13. The molecule has 1 amide bonds. The minimum Gasteiger partial charge on any atom is -0.384 e. The summed E-state index contributed by atoms with van der Waals surface area (Å²) in [5, 5.41) is 15.3. The van der Waals surface area contributed by atoms with Crippen molar-refractivity contribution in [2.24, 2.45) is 0 Å². The van der Waals surface area contributed by atoms with E-state index in [0.717, 1.165) is 57.9 Å². The number of nitrogens with one attached hydrogen (secondary N) is 2. The molecule has 1 aromatic heterocycles. The third-order valence-corrected chi connectivity index (χ3v) is 8.40. The second-order valence-corrected chi connectivity index (χ2v) is 12.5. The van der Waals surface area contributed by atoms with Gasteiger partial charge < -0.3 is 25.4 Å². The van der Waals surface area contributed by atoms with Gasteiger partial charge in [0, 0.05) is 32.8 Å². The summed E-state index contributed by atoms with van der Waals surface area (Å²) < 4.78 is 58.0. The molecule has 2 unspecified atom stereocenters. The van der Waals surface area contributed by atoms with E-state index in [2.05, 4.69) is 77.0 Å². The van der Waals surface area contributed by atoms with E-state index in [-0.39, 0.29) is 24.8 Å². The molecular formula is C32H48F2N5O7P. The summed E-state index contributed by atoms with van der Waals surface area (Å²) >= 11 is 0. The average molecular weight is 684 g/mol. The molecule has 5 N–H and O–H groups in total. The first-order valence-electron chi connectivity index (χ1n) is 15.7. The van der Waals surface area contributed by atoms with Crippen LogP contribution in [0.5, 0.6) is 0 Å². The van der Waals surface area contributed by atoms with Gasteiger partial charge in [-0.25, -0.2) is 14.4 Å². The fourth-order valence-corrected chi connectivity index (χ4v) is 5.33. The van der Waals surface area contributed by atoms with E-state index in [9.17, 15) is 28.0 Å². The van der Waals surface area contributed by atoms with Crippen molar-refractivity contribution in [2.45, 2.75) is 82.6 Å². The van der Waals surface area contributed by atoms with Gasteiger partial charge in [-0.3, -0.25) is 13.9 Å². The number of aromatic nitrogens is 2. The average Bonchev–Trinajstić information content (AvgIpc) is 3.27. The number of unbranched alkanes of at least 4 members (excludes halogenated alkanes) is 1. The Morgan fingerprint density at radius 3 is 2.26 bits per heavy atom. The minimum absolute atomic E-state index is 0.00894. The molecule has 262 valence electrons. The zero-order valence-corrected chi connectivity index (χ0v) is 27.9. The van der Waals surface area contributed by atoms with E-state index < -0.39 is 44.4 Å². The number of nitrogens with two attached hydrogens (primary N) is 1. The molecule has 0 radical (unpaired) electrons. The molecule has 1 aromatic rings. The lowest BCUT2D eigenvalue weighted by molar-refractivity contribution is -0.140. The molecule has 0 bridgehead atoms. The molecule has 0 aromatic carbocycles. The highest BCUT2D eigenvalue weighted by Crippen LogP contribution is 2.46. The minimum atomic E-state index is -4.00. The number of aliphatic hydroxyl groups is 1. The lowest BCUT2D eigenvalue weighted by atomic mass is 10.1. The first kappa shape index (κ1) is 39.9. The first-order chi connectivity index (χ1) is 22.5. The first-order valence-corrected chi connectivity index (χ1v) is 17.2. The van der Waals surface area contributed by atoms with Gasteiger partial charge in [0.1, 0.15) is 11.9 Å². The smallest absolute Gasteiger partial charge is 0.384 e. The van der Waals surface area contributed by atoms with Crippen LogP contribution in [0.3, 0.4) is 0 Å². The number of rotatable bonds is 22. The Morgan fingerprint density at radius 1 is 1.09 bits per heavy atom. The van der Waals surface area contributed by atoms with Crippen molar-refractivity contribution in [1.29, 1.82) is 0 Å². The third-order valence-electron chi connectivity index (χ3n) is 6.82. The molecule has 0 aliphatic carbocycles. The predicted octanol–water partition coefficient (Wildman–Crippen LogP) is 5.12. The van der Waals surface area contributed by atoms with Crippen LogP contribution in [-0.2, 0) is 23.1 Å². The lowest BCUT2D eigenvalue weighted by Crippen LogP contribution is -2.42. The molecule has 12 nitrogen and oxygen atoms in total. The molecular weight excluding hydrogens is 635 g/mol. The van der Waals surface area contributed by atoms with Crippen molar-refractivity contribution < 1.29 is 37.0 Å². The van der Waals surface area contributed by atoms with E-state index in [1.54, 1.807) is 0 Å². The standard InChI is InChI=1S/C32H48F2N5O7P/c1-3-4-5-6-7-8-9-10-11-12-13-14-15-16-17-18-19-20-28(40)36-22-23-37-47(43,44-2)45-25-26-29(41)32(33,34)30(46-26)39-24-21-27(35)38-31(39)42/h4-5,7-8,10-11,13-14,16-17,21,24,26,29-30,41H,3,6,9,12,15,18-20,22-23,25H2,1-2H3,(H,36,40)(H,37,43)(H2,35,38,42)/b5-4-,8-7-,11-10-,14-13-,17-16-/t26-,29-,30?,47?/m1/s1. The van der Waals surface area contributed by atoms with Gasteiger partial charge >= 0.3 is 19.4 Å². The van der Waals surface area contributed by atoms with Gasteiger partial charge in [-0.15, -0.1) is 0 Å². The number of amides is 1. The zero-order chi connectivity index (χ0) is 34.5. The number of nitrogen functional groups attached to an aromatic ring is 1. The number of ether oxygens (including phenoxy) is 1. The number of halogens is 2. The Hall–Kier alpha value is -3.26. The van der Waals surface area contributed by atoms with Gasteiger partial charge in [0.05, 0.1) is 6.61 Å². The summed E-state index contributed by atoms with van der Waals surface area (Å²) in [7, 11) is -2.92. The van der Waals surface area contributed by atoms with E-state index in [0.29, 0.717) is 17.4 Å². The Bertz CT molecular complexity index is 1350. The summed E-state index contributed by atoms with van der Waals surface area (Å²) in [5.74, 6) is -4.24. The second-order valence-electron chi connectivity index (χ2n) is 10.5. The molecule has 0 spiro atoms. The predicted molar refractivity (Wildman–Crippen MR) is 178 cm³/mol. The Morgan fingerprint density at radius 2 is 1.68 bits per heavy atom. The van der Waals surface area contributed by atoms with Crippen LogP contribution in [0.25, 0.3) is 0 Å². The fourth-order valence-electron chi connectivity index (χ4n) is 4.28. The number of carbonyl (C=O) groups is 1. The molecule has 15 heteroatoms. The summed E-state index contributed by atoms with van der Waals surface area (Å²) in [6.45, 7) is 1.47. The number of aliphatic hydroxyl groups excluding tert-OH is 1.